The van der Waals surface area contributed by atoms with Gasteiger partial charge in [-0.2, -0.15) is 5.10 Å². The third-order valence-corrected chi connectivity index (χ3v) is 4.48. The summed E-state index contributed by atoms with van der Waals surface area (Å²) >= 11 is 1.66. The molecule has 0 aliphatic heterocycles. The molecule has 4 rings (SSSR count). The van der Waals surface area contributed by atoms with Crippen molar-refractivity contribution in [3.05, 3.63) is 89.8 Å². The van der Waals surface area contributed by atoms with Crippen LogP contribution in [0, 0.1) is 0 Å². The van der Waals surface area contributed by atoms with Crippen molar-refractivity contribution in [3.8, 4) is 16.3 Å². The number of anilines is 1. The number of nitrogens with two attached hydrogens (primary N) is 2. The van der Waals surface area contributed by atoms with E-state index in [-0.39, 0.29) is 0 Å². The molecule has 2 heterocycles. The van der Waals surface area contributed by atoms with Gasteiger partial charge in [0.25, 0.3) is 0 Å². The van der Waals surface area contributed by atoms with Crippen LogP contribution in [0.25, 0.3) is 16.3 Å². The van der Waals surface area contributed by atoms with Gasteiger partial charge in [0.05, 0.1) is 10.6 Å². The Bertz CT molecular complexity index is 884. The Morgan fingerprint density at radius 2 is 1.56 bits per heavy atom. The highest BCUT2D eigenvalue weighted by atomic mass is 32.1. The van der Waals surface area contributed by atoms with E-state index in [1.165, 1.54) is 5.56 Å². The molecule has 0 fully saturated rings. The van der Waals surface area contributed by atoms with E-state index in [1.807, 2.05) is 84.2 Å². The van der Waals surface area contributed by atoms with Gasteiger partial charge < -0.3 is 11.5 Å². The van der Waals surface area contributed by atoms with Gasteiger partial charge >= 0.3 is 0 Å². The highest BCUT2D eigenvalue weighted by Gasteiger charge is 2.08. The first-order valence-electron chi connectivity index (χ1n) is 7.97. The van der Waals surface area contributed by atoms with Gasteiger partial charge in [-0.25, -0.2) is 4.68 Å². The number of nitrogens with zero attached hydrogens (tertiary/aromatic N) is 2. The predicted octanol–water partition coefficient (Wildman–Crippen LogP) is 4.33. The molecule has 0 amide bonds. The standard InChI is InChI=1S/C13H11N3S.C7H9N/c14-13-9-11(12-7-4-8-17-12)15-16(13)10-5-2-1-3-6-10;8-6-7-4-2-1-3-5-7/h1-9H,14H2;1-5H,6,8H2. The number of aromatic nitrogens is 2. The van der Waals surface area contributed by atoms with E-state index in [0.717, 1.165) is 16.3 Å². The molecule has 4 N–H and O–H groups in total. The van der Waals surface area contributed by atoms with Crippen molar-refractivity contribution < 1.29 is 0 Å². The van der Waals surface area contributed by atoms with Gasteiger partial charge in [-0.15, -0.1) is 11.3 Å². The summed E-state index contributed by atoms with van der Waals surface area (Å²) in [5.74, 6) is 0.652. The van der Waals surface area contributed by atoms with Crippen LogP contribution in [0.2, 0.25) is 0 Å². The molecule has 126 valence electrons. The molecule has 0 aliphatic rings. The van der Waals surface area contributed by atoms with E-state index in [1.54, 1.807) is 16.0 Å². The fraction of sp³-hybridized carbons (Fsp3) is 0.0500. The van der Waals surface area contributed by atoms with Gasteiger partial charge in [-0.1, -0.05) is 54.6 Å². The smallest absolute Gasteiger partial charge is 0.127 e. The Morgan fingerprint density at radius 3 is 2.12 bits per heavy atom. The van der Waals surface area contributed by atoms with Gasteiger partial charge in [0.1, 0.15) is 11.5 Å². The Hall–Kier alpha value is -2.89. The van der Waals surface area contributed by atoms with Crippen LogP contribution < -0.4 is 11.5 Å². The molecule has 0 bridgehead atoms. The average Bonchev–Trinajstić information content (AvgIpc) is 3.33. The van der Waals surface area contributed by atoms with Crippen LogP contribution in [0.1, 0.15) is 5.56 Å². The van der Waals surface area contributed by atoms with E-state index in [9.17, 15) is 0 Å². The Kier molecular flexibility index (Phi) is 5.61. The lowest BCUT2D eigenvalue weighted by molar-refractivity contribution is 0.896. The summed E-state index contributed by atoms with van der Waals surface area (Å²) < 4.78 is 1.76. The number of nitrogen functional groups attached to an aromatic ring is 1. The largest absolute Gasteiger partial charge is 0.384 e. The van der Waals surface area contributed by atoms with Gasteiger partial charge in [-0.3, -0.25) is 0 Å². The lowest BCUT2D eigenvalue weighted by atomic mass is 10.2. The summed E-state index contributed by atoms with van der Waals surface area (Å²) in [6.07, 6.45) is 0. The second-order valence-corrected chi connectivity index (χ2v) is 6.32. The van der Waals surface area contributed by atoms with Crippen LogP contribution in [0.3, 0.4) is 0 Å². The number of thiophene rings is 1. The lowest BCUT2D eigenvalue weighted by Crippen LogP contribution is -2.00. The number of rotatable bonds is 3. The zero-order valence-corrected chi connectivity index (χ0v) is 14.6. The number of hydrogen-bond donors (Lipinski definition) is 2. The van der Waals surface area contributed by atoms with Crippen molar-refractivity contribution in [2.75, 3.05) is 5.73 Å². The predicted molar refractivity (Wildman–Crippen MR) is 106 cm³/mol. The van der Waals surface area contributed by atoms with Crippen molar-refractivity contribution in [3.63, 3.8) is 0 Å². The fourth-order valence-electron chi connectivity index (χ4n) is 2.33. The average molecular weight is 348 g/mol. The van der Waals surface area contributed by atoms with Gasteiger partial charge in [-0.05, 0) is 29.1 Å². The Labute approximate surface area is 151 Å². The van der Waals surface area contributed by atoms with Gasteiger partial charge in [0, 0.05) is 12.6 Å². The molecule has 0 saturated heterocycles. The zero-order chi connectivity index (χ0) is 17.5. The molecule has 25 heavy (non-hydrogen) atoms. The molecular formula is C20H20N4S. The molecule has 0 aliphatic carbocycles. The van der Waals surface area contributed by atoms with E-state index >= 15 is 0 Å². The highest BCUT2D eigenvalue weighted by Crippen LogP contribution is 2.26. The summed E-state index contributed by atoms with van der Waals surface area (Å²) in [4.78, 5) is 1.13. The molecule has 4 aromatic rings. The van der Waals surface area contributed by atoms with Crippen molar-refractivity contribution in [1.29, 1.82) is 0 Å². The quantitative estimate of drug-likeness (QED) is 0.579. The first kappa shape index (κ1) is 17.0. The maximum atomic E-state index is 5.98. The second-order valence-electron chi connectivity index (χ2n) is 5.37. The van der Waals surface area contributed by atoms with Crippen molar-refractivity contribution >= 4 is 17.2 Å². The molecule has 0 saturated carbocycles. The topological polar surface area (TPSA) is 69.9 Å². The van der Waals surface area contributed by atoms with Gasteiger partial charge in [0.15, 0.2) is 0 Å². The maximum Gasteiger partial charge on any atom is 0.127 e. The molecule has 0 atom stereocenters. The third kappa shape index (κ3) is 4.35. The molecule has 2 aromatic carbocycles. The fourth-order valence-corrected chi connectivity index (χ4v) is 3.01. The molecule has 0 spiro atoms. The summed E-state index contributed by atoms with van der Waals surface area (Å²) in [6, 6.07) is 25.8. The summed E-state index contributed by atoms with van der Waals surface area (Å²) in [5.41, 5.74) is 14.4. The lowest BCUT2D eigenvalue weighted by Gasteiger charge is -2.02. The second kappa shape index (κ2) is 8.28. The summed E-state index contributed by atoms with van der Waals surface area (Å²) in [5, 5.41) is 6.56. The van der Waals surface area contributed by atoms with Crippen LogP contribution >= 0.6 is 11.3 Å². The van der Waals surface area contributed by atoms with Crippen molar-refractivity contribution in [2.45, 2.75) is 6.54 Å². The first-order valence-corrected chi connectivity index (χ1v) is 8.84. The van der Waals surface area contributed by atoms with E-state index in [4.69, 9.17) is 11.5 Å². The number of para-hydroxylation sites is 1. The van der Waals surface area contributed by atoms with Crippen LogP contribution in [0.15, 0.2) is 84.2 Å². The Balaban J connectivity index is 0.000000192. The molecular weight excluding hydrogens is 328 g/mol. The molecule has 2 aromatic heterocycles. The highest BCUT2D eigenvalue weighted by molar-refractivity contribution is 7.13. The minimum atomic E-state index is 0.640. The van der Waals surface area contributed by atoms with Crippen molar-refractivity contribution in [2.24, 2.45) is 5.73 Å². The van der Waals surface area contributed by atoms with Crippen LogP contribution in [0.4, 0.5) is 5.82 Å². The zero-order valence-electron chi connectivity index (χ0n) is 13.7. The molecule has 4 nitrogen and oxygen atoms in total. The SMILES string of the molecule is NCc1ccccc1.Nc1cc(-c2cccs2)nn1-c1ccccc1. The molecule has 0 unspecified atom stereocenters. The van der Waals surface area contributed by atoms with E-state index in [0.29, 0.717) is 12.4 Å². The summed E-state index contributed by atoms with van der Waals surface area (Å²) in [7, 11) is 0. The van der Waals surface area contributed by atoms with Crippen LogP contribution in [-0.4, -0.2) is 9.78 Å². The Morgan fingerprint density at radius 1 is 0.880 bits per heavy atom. The van der Waals surface area contributed by atoms with Crippen LogP contribution in [0.5, 0.6) is 0 Å². The minimum absolute atomic E-state index is 0.640. The molecule has 5 heteroatoms. The molecule has 0 radical (unpaired) electrons. The maximum absolute atomic E-state index is 5.98. The normalized spacial score (nSPS) is 10.1. The number of hydrogen-bond acceptors (Lipinski definition) is 4. The summed E-state index contributed by atoms with van der Waals surface area (Å²) in [6.45, 7) is 0.640. The van der Waals surface area contributed by atoms with E-state index < -0.39 is 0 Å². The third-order valence-electron chi connectivity index (χ3n) is 3.59. The van der Waals surface area contributed by atoms with Gasteiger partial charge in [0.2, 0.25) is 0 Å². The van der Waals surface area contributed by atoms with E-state index in [2.05, 4.69) is 5.10 Å². The number of benzene rings is 2. The first-order chi connectivity index (χ1) is 12.3. The monoisotopic (exact) mass is 348 g/mol. The van der Waals surface area contributed by atoms with Crippen molar-refractivity contribution in [1.82, 2.24) is 9.78 Å². The van der Waals surface area contributed by atoms with Crippen LogP contribution in [-0.2, 0) is 6.54 Å². The minimum Gasteiger partial charge on any atom is -0.384 e.